The topological polar surface area (TPSA) is 141 Å². The largest absolute Gasteiger partial charge is 1.00 e. The normalized spacial score (nSPS) is 18.1. The number of anilines is 2. The molecule has 194 valence electrons. The molecule has 1 amide bonds. The molecule has 1 N–H and O–H groups in total. The second kappa shape index (κ2) is 12.8. The fraction of sp³-hybridized carbons (Fsp3) is 0.167. The van der Waals surface area contributed by atoms with Gasteiger partial charge in [0.15, 0.2) is 0 Å². The Balaban J connectivity index is 0.00000400. The maximum atomic E-state index is 12.7. The van der Waals surface area contributed by atoms with Crippen molar-refractivity contribution in [1.29, 1.82) is 0 Å². The minimum absolute atomic E-state index is 0. The number of nitrogens with zero attached hydrogens (tertiary/aromatic N) is 1. The van der Waals surface area contributed by atoms with E-state index in [0.29, 0.717) is 15.1 Å². The van der Waals surface area contributed by atoms with Crippen LogP contribution in [0.5, 0.6) is 0 Å². The molecule has 0 saturated carbocycles. The molecule has 0 aromatic heterocycles. The molecule has 0 aliphatic carbocycles. The Labute approximate surface area is 260 Å². The number of rotatable bonds is 8. The molecule has 2 aliphatic rings. The van der Waals surface area contributed by atoms with Crippen LogP contribution in [0.4, 0.5) is 11.4 Å². The maximum absolute atomic E-state index is 12.7. The van der Waals surface area contributed by atoms with Gasteiger partial charge >= 0.3 is 29.6 Å². The van der Waals surface area contributed by atoms with Crippen molar-refractivity contribution in [3.8, 4) is 0 Å². The summed E-state index contributed by atoms with van der Waals surface area (Å²) in [6.07, 6.45) is 6.11. The standard InChI is InChI=1S/C24H21IN2O7S3.Na/c25-15-22(28)26-16-10-11-18-19(14-16)35-23(27(18)12-5-13-36(30,31)32)9-4-3-8-21-24(29)17-6-1-2-7-20(17)37(21,33)34;/h1-4,6-11,14H,5,12-13,15H2,(H,26,28)(H,30,31,32);/q;+1/p-1/b4-3+,21-8-,23-9+;. The third kappa shape index (κ3) is 6.99. The van der Waals surface area contributed by atoms with Crippen molar-refractivity contribution >= 4 is 77.4 Å². The Morgan fingerprint density at radius 3 is 2.53 bits per heavy atom. The number of alkyl halides is 1. The summed E-state index contributed by atoms with van der Waals surface area (Å²) in [5.74, 6) is -1.22. The molecule has 14 heteroatoms. The van der Waals surface area contributed by atoms with Gasteiger partial charge < -0.3 is 14.8 Å². The molecule has 2 aliphatic heterocycles. The second-order valence-electron chi connectivity index (χ2n) is 7.98. The van der Waals surface area contributed by atoms with Crippen LogP contribution in [0.25, 0.3) is 0 Å². The van der Waals surface area contributed by atoms with Gasteiger partial charge in [-0.1, -0.05) is 58.6 Å². The number of carbonyl (C=O) groups is 2. The number of fused-ring (bicyclic) bond motifs is 2. The monoisotopic (exact) mass is 694 g/mol. The third-order valence-electron chi connectivity index (χ3n) is 5.44. The van der Waals surface area contributed by atoms with Gasteiger partial charge in [-0.15, -0.1) is 0 Å². The number of allylic oxidation sites excluding steroid dienone is 5. The summed E-state index contributed by atoms with van der Waals surface area (Å²) in [7, 11) is -8.25. The smallest absolute Gasteiger partial charge is 0.748 e. The van der Waals surface area contributed by atoms with E-state index in [1.807, 2.05) is 27.5 Å². The Hall–Kier alpha value is -1.46. The van der Waals surface area contributed by atoms with Gasteiger partial charge in [-0.3, -0.25) is 9.59 Å². The Morgan fingerprint density at radius 2 is 1.84 bits per heavy atom. The molecule has 2 heterocycles. The summed E-state index contributed by atoms with van der Waals surface area (Å²) in [5, 5.41) is 3.49. The zero-order valence-electron chi connectivity index (χ0n) is 20.1. The fourth-order valence-electron chi connectivity index (χ4n) is 3.84. The summed E-state index contributed by atoms with van der Waals surface area (Å²) in [6, 6.07) is 11.4. The summed E-state index contributed by atoms with van der Waals surface area (Å²) < 4.78 is 59.0. The minimum Gasteiger partial charge on any atom is -0.748 e. The van der Waals surface area contributed by atoms with Crippen LogP contribution in [0.2, 0.25) is 0 Å². The molecule has 0 atom stereocenters. The zero-order valence-corrected chi connectivity index (χ0v) is 26.7. The van der Waals surface area contributed by atoms with E-state index in [-0.39, 0.29) is 63.8 Å². The van der Waals surface area contributed by atoms with E-state index in [2.05, 4.69) is 5.32 Å². The number of nitrogens with one attached hydrogen (secondary N) is 1. The van der Waals surface area contributed by atoms with Crippen LogP contribution < -0.4 is 39.8 Å². The summed E-state index contributed by atoms with van der Waals surface area (Å²) in [5.41, 5.74) is 1.54. The van der Waals surface area contributed by atoms with Crippen molar-refractivity contribution in [1.82, 2.24) is 0 Å². The Bertz CT molecular complexity index is 1590. The van der Waals surface area contributed by atoms with Crippen molar-refractivity contribution in [3.05, 3.63) is 82.3 Å². The molecule has 2 aromatic carbocycles. The van der Waals surface area contributed by atoms with Gasteiger partial charge in [0.2, 0.25) is 21.5 Å². The van der Waals surface area contributed by atoms with Crippen LogP contribution >= 0.6 is 34.4 Å². The maximum Gasteiger partial charge on any atom is 1.00 e. The average Bonchev–Trinajstić information content (AvgIpc) is 3.27. The SMILES string of the molecule is O=C(CI)Nc1ccc2c(c1)S/C(=C/C=C/C=C1/C(=O)c3ccccc3S1(=O)=O)N2CCCS(=O)(=O)[O-].[Na+]. The number of Topliss-reactive ketones (excluding diaryl/α,β-unsaturated/α-hetero) is 1. The molecule has 9 nitrogen and oxygen atoms in total. The molecular weight excluding hydrogens is 674 g/mol. The molecule has 4 rings (SSSR count). The van der Waals surface area contributed by atoms with Crippen LogP contribution in [-0.4, -0.2) is 49.8 Å². The van der Waals surface area contributed by atoms with Gasteiger partial charge in [0.1, 0.15) is 4.91 Å². The number of benzene rings is 2. The zero-order chi connectivity index (χ0) is 26.8. The molecule has 0 fully saturated rings. The minimum atomic E-state index is -4.36. The van der Waals surface area contributed by atoms with E-state index in [9.17, 15) is 31.0 Å². The van der Waals surface area contributed by atoms with Crippen LogP contribution in [0.1, 0.15) is 16.8 Å². The van der Waals surface area contributed by atoms with E-state index >= 15 is 0 Å². The van der Waals surface area contributed by atoms with Gasteiger partial charge in [-0.05, 0) is 48.9 Å². The number of thioether (sulfide) groups is 1. The first-order chi connectivity index (χ1) is 17.5. The fourth-order valence-corrected chi connectivity index (χ4v) is 7.21. The van der Waals surface area contributed by atoms with E-state index in [0.717, 1.165) is 10.6 Å². The van der Waals surface area contributed by atoms with Crippen LogP contribution in [0.15, 0.2) is 86.5 Å². The Morgan fingerprint density at radius 1 is 1.13 bits per heavy atom. The van der Waals surface area contributed by atoms with Gasteiger partial charge in [-0.2, -0.15) is 0 Å². The molecule has 0 bridgehead atoms. The molecule has 0 spiro atoms. The third-order valence-corrected chi connectivity index (χ3v) is 9.87. The number of hydrogen-bond acceptors (Lipinski definition) is 9. The first-order valence-corrected chi connectivity index (χ1v) is 16.3. The van der Waals surface area contributed by atoms with E-state index < -0.39 is 31.5 Å². The van der Waals surface area contributed by atoms with Gasteiger partial charge in [0.25, 0.3) is 0 Å². The van der Waals surface area contributed by atoms with Crippen LogP contribution in [-0.2, 0) is 24.7 Å². The van der Waals surface area contributed by atoms with Gasteiger partial charge in [-0.25, -0.2) is 16.8 Å². The molecule has 2 aromatic rings. The number of hydrogen-bond donors (Lipinski definition) is 1. The molecule has 38 heavy (non-hydrogen) atoms. The summed E-state index contributed by atoms with van der Waals surface area (Å²) in [4.78, 5) is 26.7. The molecule has 0 unspecified atom stereocenters. The number of amides is 1. The van der Waals surface area contributed by atoms with E-state index in [1.54, 1.807) is 42.5 Å². The molecule has 0 radical (unpaired) electrons. The van der Waals surface area contributed by atoms with E-state index in [1.165, 1.54) is 36.0 Å². The average molecular weight is 695 g/mol. The Kier molecular flexibility index (Phi) is 10.5. The van der Waals surface area contributed by atoms with Crippen LogP contribution in [0, 0.1) is 0 Å². The predicted molar refractivity (Wildman–Crippen MR) is 150 cm³/mol. The molecular formula is C24H20IN2NaO7S3. The number of ketones is 1. The van der Waals surface area contributed by atoms with Crippen LogP contribution in [0.3, 0.4) is 0 Å². The predicted octanol–water partition coefficient (Wildman–Crippen LogP) is 0.863. The molecule has 0 saturated heterocycles. The summed E-state index contributed by atoms with van der Waals surface area (Å²) >= 11 is 3.33. The van der Waals surface area contributed by atoms with Crippen molar-refractivity contribution in [2.75, 3.05) is 26.9 Å². The second-order valence-corrected chi connectivity index (χ2v) is 13.2. The quantitative estimate of drug-likeness (QED) is 0.140. The number of sulfone groups is 1. The van der Waals surface area contributed by atoms with Gasteiger partial charge in [0, 0.05) is 28.4 Å². The van der Waals surface area contributed by atoms with Crippen molar-refractivity contribution in [2.45, 2.75) is 16.2 Å². The first-order valence-electron chi connectivity index (χ1n) is 10.9. The number of carbonyl (C=O) groups excluding carboxylic acids is 2. The number of halogens is 1. The van der Waals surface area contributed by atoms with Crippen molar-refractivity contribution in [2.24, 2.45) is 0 Å². The van der Waals surface area contributed by atoms with Crippen molar-refractivity contribution in [3.63, 3.8) is 0 Å². The van der Waals surface area contributed by atoms with E-state index in [4.69, 9.17) is 0 Å². The van der Waals surface area contributed by atoms with Crippen molar-refractivity contribution < 1.29 is 60.5 Å². The summed E-state index contributed by atoms with van der Waals surface area (Å²) in [6.45, 7) is 0.254. The van der Waals surface area contributed by atoms with Gasteiger partial charge in [0.05, 0.1) is 30.2 Å². The first kappa shape index (κ1) is 31.1.